The number of methoxy groups -OCH3 is 1. The summed E-state index contributed by atoms with van der Waals surface area (Å²) in [6.45, 7) is 1.53. The Balaban J connectivity index is 1.39. The van der Waals surface area contributed by atoms with Crippen LogP contribution in [0.5, 0.6) is 11.5 Å². The Kier molecular flexibility index (Phi) is 7.74. The first-order valence-electron chi connectivity index (χ1n) is 12.7. The maximum atomic E-state index is 13.7. The molecule has 10 nitrogen and oxygen atoms in total. The van der Waals surface area contributed by atoms with Crippen molar-refractivity contribution in [2.75, 3.05) is 38.8 Å². The second-order valence-corrected chi connectivity index (χ2v) is 11.9. The van der Waals surface area contributed by atoms with Gasteiger partial charge in [0.1, 0.15) is 27.9 Å². The second-order valence-electron chi connectivity index (χ2n) is 9.66. The average molecular weight is 567 g/mol. The Hall–Kier alpha value is -4.00. The first-order valence-corrected chi connectivity index (χ1v) is 14.8. The van der Waals surface area contributed by atoms with E-state index in [-0.39, 0.29) is 11.6 Å². The van der Waals surface area contributed by atoms with Crippen molar-refractivity contribution in [3.05, 3.63) is 83.3 Å². The van der Waals surface area contributed by atoms with Gasteiger partial charge in [0.2, 0.25) is 0 Å². The number of aromatic nitrogens is 2. The minimum absolute atomic E-state index is 0.0581. The van der Waals surface area contributed by atoms with Crippen molar-refractivity contribution in [1.82, 2.24) is 20.4 Å². The third kappa shape index (κ3) is 5.93. The minimum atomic E-state index is -3.03. The van der Waals surface area contributed by atoms with Gasteiger partial charge < -0.3 is 25.8 Å². The molecule has 0 saturated carbocycles. The maximum Gasteiger partial charge on any atom is 0.162 e. The van der Waals surface area contributed by atoms with Crippen molar-refractivity contribution in [3.8, 4) is 11.5 Å². The molecule has 210 valence electrons. The van der Waals surface area contributed by atoms with Crippen LogP contribution in [0.2, 0.25) is 0 Å². The molecule has 0 fully saturated rings. The number of hydrogen-bond acceptors (Lipinski definition) is 9. The Morgan fingerprint density at radius 1 is 1.12 bits per heavy atom. The van der Waals surface area contributed by atoms with Gasteiger partial charge in [0, 0.05) is 36.4 Å². The zero-order chi connectivity index (χ0) is 28.3. The molecule has 0 radical (unpaired) electrons. The molecule has 0 spiro atoms. The lowest BCUT2D eigenvalue weighted by atomic mass is 9.89. The average Bonchev–Trinajstić information content (AvgIpc) is 3.32. The minimum Gasteiger partial charge on any atom is -0.493 e. The van der Waals surface area contributed by atoms with Crippen molar-refractivity contribution in [2.45, 2.75) is 12.2 Å². The van der Waals surface area contributed by atoms with Gasteiger partial charge in [-0.3, -0.25) is 4.68 Å². The van der Waals surface area contributed by atoms with Crippen LogP contribution in [-0.2, 0) is 22.0 Å². The number of fused-ring (bicyclic) bond motifs is 2. The van der Waals surface area contributed by atoms with E-state index < -0.39 is 15.5 Å². The topological polar surface area (TPSA) is 133 Å². The quantitative estimate of drug-likeness (QED) is 0.236. The first kappa shape index (κ1) is 27.6. The highest BCUT2D eigenvalue weighted by molar-refractivity contribution is 7.90. The highest BCUT2D eigenvalue weighted by Crippen LogP contribution is 2.42. The van der Waals surface area contributed by atoms with E-state index >= 15 is 0 Å². The summed E-state index contributed by atoms with van der Waals surface area (Å²) in [7, 11) is -1.48. The first-order chi connectivity index (χ1) is 19.2. The van der Waals surface area contributed by atoms with Gasteiger partial charge in [-0.05, 0) is 41.5 Å². The third-order valence-electron chi connectivity index (χ3n) is 6.71. The SMILES string of the molecule is COc1cc2c(cc1OCCNCCS(C)(=O)=O)C(N)(c1ccc3c(cnn3Cc3cccc(F)c3)c1)NC=N2. The van der Waals surface area contributed by atoms with Gasteiger partial charge in [-0.2, -0.15) is 5.10 Å². The summed E-state index contributed by atoms with van der Waals surface area (Å²) in [5.74, 6) is 0.769. The van der Waals surface area contributed by atoms with Crippen LogP contribution in [0.4, 0.5) is 10.1 Å². The lowest BCUT2D eigenvalue weighted by molar-refractivity contribution is 0.292. The molecule has 0 bridgehead atoms. The number of sulfone groups is 1. The molecule has 0 amide bonds. The molecule has 1 atom stereocenters. The summed E-state index contributed by atoms with van der Waals surface area (Å²) in [5.41, 5.74) is 9.70. The van der Waals surface area contributed by atoms with Crippen LogP contribution in [0.3, 0.4) is 0 Å². The van der Waals surface area contributed by atoms with Crippen LogP contribution in [0.15, 0.2) is 65.8 Å². The predicted molar refractivity (Wildman–Crippen MR) is 153 cm³/mol. The number of ether oxygens (including phenoxy) is 2. The van der Waals surface area contributed by atoms with Gasteiger partial charge in [-0.25, -0.2) is 17.8 Å². The summed E-state index contributed by atoms with van der Waals surface area (Å²) in [5, 5.41) is 11.7. The van der Waals surface area contributed by atoms with Crippen molar-refractivity contribution in [2.24, 2.45) is 10.7 Å². The molecule has 2 heterocycles. The molecule has 1 aliphatic rings. The van der Waals surface area contributed by atoms with Crippen molar-refractivity contribution >= 4 is 32.8 Å². The Labute approximate surface area is 231 Å². The van der Waals surface area contributed by atoms with E-state index in [4.69, 9.17) is 15.2 Å². The summed E-state index contributed by atoms with van der Waals surface area (Å²) in [4.78, 5) is 4.46. The van der Waals surface area contributed by atoms with Gasteiger partial charge in [0.15, 0.2) is 11.5 Å². The van der Waals surface area contributed by atoms with E-state index in [0.29, 0.717) is 49.0 Å². The second kappa shape index (κ2) is 11.2. The number of nitrogens with one attached hydrogen (secondary N) is 2. The highest BCUT2D eigenvalue weighted by Gasteiger charge is 2.35. The molecule has 40 heavy (non-hydrogen) atoms. The number of nitrogens with zero attached hydrogens (tertiary/aromatic N) is 3. The number of halogens is 1. The lowest BCUT2D eigenvalue weighted by Gasteiger charge is -2.35. The zero-order valence-electron chi connectivity index (χ0n) is 22.2. The van der Waals surface area contributed by atoms with E-state index in [9.17, 15) is 12.8 Å². The lowest BCUT2D eigenvalue weighted by Crippen LogP contribution is -2.52. The van der Waals surface area contributed by atoms with Crippen LogP contribution in [0.1, 0.15) is 16.7 Å². The highest BCUT2D eigenvalue weighted by atomic mass is 32.2. The number of nitrogens with two attached hydrogens (primary N) is 1. The van der Waals surface area contributed by atoms with Crippen LogP contribution in [-0.4, -0.2) is 63.4 Å². The van der Waals surface area contributed by atoms with Gasteiger partial charge in [-0.1, -0.05) is 18.2 Å². The smallest absolute Gasteiger partial charge is 0.162 e. The zero-order valence-corrected chi connectivity index (χ0v) is 23.0. The van der Waals surface area contributed by atoms with E-state index in [1.54, 1.807) is 31.8 Å². The Morgan fingerprint density at radius 2 is 1.98 bits per heavy atom. The third-order valence-corrected chi connectivity index (χ3v) is 7.65. The number of aliphatic imine (C=N–C) groups is 1. The molecule has 0 aliphatic carbocycles. The molecule has 5 rings (SSSR count). The molecular formula is C28H31FN6O4S. The number of rotatable bonds is 11. The van der Waals surface area contributed by atoms with Gasteiger partial charge >= 0.3 is 0 Å². The van der Waals surface area contributed by atoms with Crippen LogP contribution >= 0.6 is 0 Å². The number of benzene rings is 3. The summed E-state index contributed by atoms with van der Waals surface area (Å²) >= 11 is 0. The summed E-state index contributed by atoms with van der Waals surface area (Å²) < 4.78 is 49.6. The van der Waals surface area contributed by atoms with Gasteiger partial charge in [0.05, 0.1) is 43.1 Å². The van der Waals surface area contributed by atoms with Gasteiger partial charge in [0.25, 0.3) is 0 Å². The molecule has 1 aromatic heterocycles. The van der Waals surface area contributed by atoms with E-state index in [1.807, 2.05) is 35.0 Å². The largest absolute Gasteiger partial charge is 0.493 e. The van der Waals surface area contributed by atoms with Crippen LogP contribution < -0.4 is 25.8 Å². The molecule has 1 aliphatic heterocycles. The normalized spacial score (nSPS) is 16.5. The summed E-state index contributed by atoms with van der Waals surface area (Å²) in [6.07, 6.45) is 4.53. The van der Waals surface area contributed by atoms with E-state index in [0.717, 1.165) is 22.0 Å². The molecule has 3 aromatic carbocycles. The van der Waals surface area contributed by atoms with Crippen molar-refractivity contribution in [1.29, 1.82) is 0 Å². The fourth-order valence-electron chi connectivity index (χ4n) is 4.65. The summed E-state index contributed by atoms with van der Waals surface area (Å²) in [6, 6.07) is 15.9. The Bertz CT molecular complexity index is 1670. The van der Waals surface area contributed by atoms with E-state index in [2.05, 4.69) is 20.7 Å². The Morgan fingerprint density at radius 3 is 2.75 bits per heavy atom. The van der Waals surface area contributed by atoms with Gasteiger partial charge in [-0.15, -0.1) is 0 Å². The van der Waals surface area contributed by atoms with Crippen LogP contribution in [0.25, 0.3) is 10.9 Å². The maximum absolute atomic E-state index is 13.7. The molecule has 1 unspecified atom stereocenters. The fourth-order valence-corrected chi connectivity index (χ4v) is 5.16. The molecular weight excluding hydrogens is 535 g/mol. The molecule has 0 saturated heterocycles. The standard InChI is InChI=1S/C28H31FN6O4S/c1-38-26-15-24-23(14-27(26)39-10-8-31-9-11-40(2,36)37)28(30,33-18-32-24)21-6-7-25-20(13-21)16-34-35(25)17-19-4-3-5-22(29)12-19/h3-7,12-16,18,31H,8-11,17,30H2,1-2H3,(H,32,33). The molecule has 4 aromatic rings. The molecule has 12 heteroatoms. The van der Waals surface area contributed by atoms with Crippen LogP contribution in [0, 0.1) is 5.82 Å². The monoisotopic (exact) mass is 566 g/mol. The fraction of sp³-hybridized carbons (Fsp3) is 0.286. The van der Waals surface area contributed by atoms with Crippen molar-refractivity contribution in [3.63, 3.8) is 0 Å². The number of hydrogen-bond donors (Lipinski definition) is 3. The van der Waals surface area contributed by atoms with E-state index in [1.165, 1.54) is 18.4 Å². The van der Waals surface area contributed by atoms with Crippen molar-refractivity contribution < 1.29 is 22.3 Å². The predicted octanol–water partition coefficient (Wildman–Crippen LogP) is 2.67. The molecule has 4 N–H and O–H groups in total.